The van der Waals surface area contributed by atoms with Gasteiger partial charge in [0.15, 0.2) is 17.6 Å². The summed E-state index contributed by atoms with van der Waals surface area (Å²) in [6.07, 6.45) is 1.36. The molecule has 3 unspecified atom stereocenters. The Morgan fingerprint density at radius 2 is 2.03 bits per heavy atom. The highest BCUT2D eigenvalue weighted by atomic mass is 16.5. The molecule has 0 bridgehead atoms. The molecule has 0 radical (unpaired) electrons. The number of benzene rings is 1. The van der Waals surface area contributed by atoms with Crippen LogP contribution in [0.1, 0.15) is 46.7 Å². The van der Waals surface area contributed by atoms with Crippen molar-refractivity contribution in [1.29, 1.82) is 0 Å². The van der Waals surface area contributed by atoms with Gasteiger partial charge in [-0.15, -0.1) is 0 Å². The largest absolute Gasteiger partial charge is 0.492 e. The average molecular weight is 536 g/mol. The number of para-hydroxylation sites is 1. The second-order valence-corrected chi connectivity index (χ2v) is 11.1. The van der Waals surface area contributed by atoms with Crippen LogP contribution in [0.25, 0.3) is 0 Å². The molecule has 4 aliphatic rings. The van der Waals surface area contributed by atoms with Crippen LogP contribution < -0.4 is 32.2 Å². The highest BCUT2D eigenvalue weighted by Gasteiger charge is 2.65. The number of aromatic nitrogens is 1. The van der Waals surface area contributed by atoms with Gasteiger partial charge in [0.25, 0.3) is 11.8 Å². The van der Waals surface area contributed by atoms with E-state index in [4.69, 9.17) is 16.2 Å². The molecule has 9 N–H and O–H groups in total. The predicted octanol–water partition coefficient (Wildman–Crippen LogP) is -1.04. The number of ether oxygens (including phenoxy) is 1. The normalized spacial score (nSPS) is 30.1. The van der Waals surface area contributed by atoms with E-state index in [0.717, 1.165) is 12.0 Å². The van der Waals surface area contributed by atoms with Gasteiger partial charge >= 0.3 is 0 Å². The van der Waals surface area contributed by atoms with E-state index < -0.39 is 29.9 Å². The smallest absolute Gasteiger partial charge is 0.267 e. The molecule has 13 nitrogen and oxygen atoms in total. The Kier molecular flexibility index (Phi) is 5.72. The van der Waals surface area contributed by atoms with E-state index in [1.165, 1.54) is 0 Å². The Morgan fingerprint density at radius 1 is 1.21 bits per heavy atom. The topological polar surface area (TPSA) is 195 Å². The SMILES string of the molecule is CC1(C)CCOc2c(C(=O)NC3CN4C(N)=N[C@@H](CNC(=O)c5ccc[nH]5)C5N=C(N)NC54[C@@H]3O)cccc21. The molecule has 1 spiro atoms. The number of aliphatic imine (C=N–C) groups is 2. The number of amides is 2. The number of hydrogen-bond donors (Lipinski definition) is 7. The monoisotopic (exact) mass is 535 g/mol. The van der Waals surface area contributed by atoms with Crippen LogP contribution in [-0.2, 0) is 5.41 Å². The van der Waals surface area contributed by atoms with Gasteiger partial charge in [0.1, 0.15) is 23.6 Å². The summed E-state index contributed by atoms with van der Waals surface area (Å²) < 4.78 is 5.93. The number of H-pyrrole nitrogens is 1. The van der Waals surface area contributed by atoms with Crippen LogP contribution in [0.2, 0.25) is 0 Å². The van der Waals surface area contributed by atoms with Crippen molar-refractivity contribution in [2.75, 3.05) is 19.7 Å². The van der Waals surface area contributed by atoms with Crippen LogP contribution in [-0.4, -0.2) is 88.3 Å². The fraction of sp³-hybridized carbons (Fsp3) is 0.462. The lowest BCUT2D eigenvalue weighted by molar-refractivity contribution is 0.0143. The van der Waals surface area contributed by atoms with E-state index in [9.17, 15) is 14.7 Å². The van der Waals surface area contributed by atoms with Crippen molar-refractivity contribution < 1.29 is 19.4 Å². The van der Waals surface area contributed by atoms with E-state index in [1.54, 1.807) is 29.3 Å². The van der Waals surface area contributed by atoms with Crippen molar-refractivity contribution in [2.24, 2.45) is 21.5 Å². The Balaban J connectivity index is 1.24. The van der Waals surface area contributed by atoms with Gasteiger partial charge in [-0.05, 0) is 30.0 Å². The van der Waals surface area contributed by atoms with E-state index in [-0.39, 0.29) is 42.2 Å². The number of nitrogens with two attached hydrogens (primary N) is 2. The molecule has 1 aromatic carbocycles. The van der Waals surface area contributed by atoms with Gasteiger partial charge in [-0.3, -0.25) is 9.59 Å². The van der Waals surface area contributed by atoms with Gasteiger partial charge in [0.2, 0.25) is 0 Å². The molecule has 5 atom stereocenters. The molecule has 6 rings (SSSR count). The molecule has 1 aromatic heterocycles. The molecular formula is C26H33N9O4. The molecule has 0 saturated carbocycles. The van der Waals surface area contributed by atoms with Crippen LogP contribution in [0, 0.1) is 0 Å². The van der Waals surface area contributed by atoms with E-state index >= 15 is 0 Å². The number of guanidine groups is 2. The molecule has 13 heteroatoms. The zero-order chi connectivity index (χ0) is 27.5. The summed E-state index contributed by atoms with van der Waals surface area (Å²) in [6, 6.07) is 6.94. The number of nitrogens with one attached hydrogen (secondary N) is 4. The fourth-order valence-corrected chi connectivity index (χ4v) is 6.16. The van der Waals surface area contributed by atoms with Crippen LogP contribution in [0.15, 0.2) is 46.5 Å². The van der Waals surface area contributed by atoms with Gasteiger partial charge in [-0.1, -0.05) is 26.0 Å². The molecule has 0 aliphatic carbocycles. The first-order valence-corrected chi connectivity index (χ1v) is 13.0. The number of carbonyl (C=O) groups is 2. The first-order chi connectivity index (χ1) is 18.6. The third-order valence-corrected chi connectivity index (χ3v) is 8.25. The fourth-order valence-electron chi connectivity index (χ4n) is 6.16. The lowest BCUT2D eigenvalue weighted by Crippen LogP contribution is -2.73. The number of nitrogens with zero attached hydrogens (tertiary/aromatic N) is 3. The lowest BCUT2D eigenvalue weighted by Gasteiger charge is -2.46. The summed E-state index contributed by atoms with van der Waals surface area (Å²) >= 11 is 0. The van der Waals surface area contributed by atoms with Gasteiger partial charge in [-0.25, -0.2) is 9.98 Å². The minimum absolute atomic E-state index is 0.115. The van der Waals surface area contributed by atoms with Gasteiger partial charge < -0.3 is 47.1 Å². The average Bonchev–Trinajstić information content (AvgIpc) is 3.62. The van der Waals surface area contributed by atoms with Crippen molar-refractivity contribution in [3.05, 3.63) is 53.3 Å². The molecule has 39 heavy (non-hydrogen) atoms. The zero-order valence-electron chi connectivity index (χ0n) is 21.8. The molecule has 4 aliphatic heterocycles. The third-order valence-electron chi connectivity index (χ3n) is 8.25. The van der Waals surface area contributed by atoms with Gasteiger partial charge in [0, 0.05) is 24.8 Å². The first-order valence-electron chi connectivity index (χ1n) is 13.0. The molecule has 2 aromatic rings. The highest BCUT2D eigenvalue weighted by Crippen LogP contribution is 2.42. The van der Waals surface area contributed by atoms with Crippen LogP contribution in [0.3, 0.4) is 0 Å². The minimum Gasteiger partial charge on any atom is -0.492 e. The third kappa shape index (κ3) is 3.87. The Bertz CT molecular complexity index is 1370. The van der Waals surface area contributed by atoms with Crippen LogP contribution in [0.5, 0.6) is 5.75 Å². The van der Waals surface area contributed by atoms with Crippen LogP contribution >= 0.6 is 0 Å². The maximum atomic E-state index is 13.5. The second-order valence-electron chi connectivity index (χ2n) is 11.1. The zero-order valence-corrected chi connectivity index (χ0v) is 21.8. The number of hydrogen-bond acceptors (Lipinski definition) is 10. The number of aliphatic hydroxyl groups is 1. The van der Waals surface area contributed by atoms with Crippen molar-refractivity contribution in [3.63, 3.8) is 0 Å². The molecule has 1 saturated heterocycles. The molecular weight excluding hydrogens is 502 g/mol. The quantitative estimate of drug-likeness (QED) is 0.252. The van der Waals surface area contributed by atoms with Gasteiger partial charge in [0.05, 0.1) is 24.3 Å². The molecule has 2 amide bonds. The summed E-state index contributed by atoms with van der Waals surface area (Å²) in [5.41, 5.74) is 12.9. The number of aromatic amines is 1. The second kappa shape index (κ2) is 8.90. The standard InChI is InChI=1S/C26H33N9O4/c1-25(2)8-10-39-18-13(5-3-6-14(18)25)21(37)31-17-12-35-24(28)32-16(11-30-22(38)15-7-4-9-29-15)19-26(35,20(17)36)34-23(27)33-19/h3-7,9,16-17,19-20,29,36H,8,10-12H2,1-2H3,(H2,28,32)(H,30,38)(H,31,37)(H3,27,33,34)/t16-,17?,19?,20+,26?/m0/s1. The van der Waals surface area contributed by atoms with Crippen molar-refractivity contribution in [1.82, 2.24) is 25.8 Å². The summed E-state index contributed by atoms with van der Waals surface area (Å²) in [6.45, 7) is 5.07. The summed E-state index contributed by atoms with van der Waals surface area (Å²) in [7, 11) is 0. The molecule has 5 heterocycles. The maximum Gasteiger partial charge on any atom is 0.267 e. The summed E-state index contributed by atoms with van der Waals surface area (Å²) in [4.78, 5) is 39.7. The number of aliphatic hydroxyl groups excluding tert-OH is 1. The van der Waals surface area contributed by atoms with Crippen molar-refractivity contribution in [2.45, 2.75) is 55.6 Å². The first kappa shape index (κ1) is 25.0. The number of carbonyl (C=O) groups excluding carboxylic acids is 2. The number of rotatable bonds is 5. The summed E-state index contributed by atoms with van der Waals surface area (Å²) in [5, 5.41) is 20.6. The summed E-state index contributed by atoms with van der Waals surface area (Å²) in [5.74, 6) is 0.175. The van der Waals surface area contributed by atoms with E-state index in [0.29, 0.717) is 23.6 Å². The van der Waals surface area contributed by atoms with Crippen LogP contribution in [0.4, 0.5) is 0 Å². The minimum atomic E-state index is -1.23. The van der Waals surface area contributed by atoms with E-state index in [1.807, 2.05) is 12.1 Å². The molecule has 206 valence electrons. The molecule has 1 fully saturated rings. The van der Waals surface area contributed by atoms with E-state index in [2.05, 4.69) is 44.8 Å². The van der Waals surface area contributed by atoms with Crippen molar-refractivity contribution in [3.8, 4) is 5.75 Å². The predicted molar refractivity (Wildman–Crippen MR) is 143 cm³/mol. The Morgan fingerprint density at radius 3 is 2.79 bits per heavy atom. The van der Waals surface area contributed by atoms with Gasteiger partial charge in [-0.2, -0.15) is 0 Å². The lowest BCUT2D eigenvalue weighted by atomic mass is 9.79. The highest BCUT2D eigenvalue weighted by molar-refractivity contribution is 5.98. The number of fused-ring (bicyclic) bond motifs is 1. The Labute approximate surface area is 225 Å². The van der Waals surface area contributed by atoms with Crippen molar-refractivity contribution >= 4 is 23.7 Å². The maximum absolute atomic E-state index is 13.5. The Hall–Kier alpha value is -4.26.